The zero-order valence-electron chi connectivity index (χ0n) is 12.0. The number of benzene rings is 1. The molecule has 1 aromatic rings. The maximum atomic E-state index is 12.1. The summed E-state index contributed by atoms with van der Waals surface area (Å²) in [5.74, 6) is -1.05. The van der Waals surface area contributed by atoms with Crippen LogP contribution in [0.1, 0.15) is 30.1 Å². The first-order valence-corrected chi connectivity index (χ1v) is 7.21. The number of amides is 1. The lowest BCUT2D eigenvalue weighted by atomic mass is 10.2. The number of ether oxygens (including phenoxy) is 1. The van der Waals surface area contributed by atoms with Gasteiger partial charge in [-0.3, -0.25) is 14.9 Å². The van der Waals surface area contributed by atoms with Gasteiger partial charge in [-0.15, -0.1) is 0 Å². The van der Waals surface area contributed by atoms with Crippen molar-refractivity contribution in [1.82, 2.24) is 4.90 Å². The van der Waals surface area contributed by atoms with Gasteiger partial charge in [0.15, 0.2) is 6.10 Å². The maximum absolute atomic E-state index is 12.1. The Hall–Kier alpha value is -2.15. The van der Waals surface area contributed by atoms with Crippen molar-refractivity contribution in [3.05, 3.63) is 38.9 Å². The van der Waals surface area contributed by atoms with Gasteiger partial charge in [0.05, 0.1) is 10.5 Å². The minimum atomic E-state index is -0.930. The standard InChI is InChI=1S/C14H15ClN2O5/c1-9(13(18)16-6-2-3-7-16)22-14(19)10-4-5-11(15)12(8-10)17(20)21/h4-5,8-9H,2-3,6-7H2,1H3/t9-/m0/s1. The first-order valence-electron chi connectivity index (χ1n) is 6.84. The molecule has 2 rings (SSSR count). The van der Waals surface area contributed by atoms with E-state index < -0.39 is 17.0 Å². The molecule has 1 aromatic carbocycles. The van der Waals surface area contributed by atoms with Gasteiger partial charge in [-0.25, -0.2) is 4.79 Å². The smallest absolute Gasteiger partial charge is 0.339 e. The molecule has 0 unspecified atom stereocenters. The lowest BCUT2D eigenvalue weighted by Crippen LogP contribution is -2.38. The SMILES string of the molecule is C[C@H](OC(=O)c1ccc(Cl)c([N+](=O)[O-])c1)C(=O)N1CCCC1. The van der Waals surface area contributed by atoms with Crippen molar-refractivity contribution in [2.45, 2.75) is 25.9 Å². The Labute approximate surface area is 131 Å². The molecule has 0 saturated carbocycles. The topological polar surface area (TPSA) is 89.7 Å². The average Bonchev–Trinajstić information content (AvgIpc) is 3.00. The van der Waals surface area contributed by atoms with Gasteiger partial charge in [-0.1, -0.05) is 11.6 Å². The molecule has 1 heterocycles. The quantitative estimate of drug-likeness (QED) is 0.481. The Morgan fingerprint density at radius 3 is 2.59 bits per heavy atom. The normalized spacial score (nSPS) is 15.5. The van der Waals surface area contributed by atoms with Crippen molar-refractivity contribution >= 4 is 29.2 Å². The Morgan fingerprint density at radius 1 is 1.36 bits per heavy atom. The van der Waals surface area contributed by atoms with Crippen molar-refractivity contribution < 1.29 is 19.2 Å². The molecular weight excluding hydrogens is 312 g/mol. The molecule has 1 amide bonds. The number of nitro groups is 1. The minimum Gasteiger partial charge on any atom is -0.449 e. The van der Waals surface area contributed by atoms with E-state index in [0.717, 1.165) is 18.9 Å². The second-order valence-corrected chi connectivity index (χ2v) is 5.41. The Balaban J connectivity index is 2.07. The molecule has 1 atom stereocenters. The van der Waals surface area contributed by atoms with Crippen LogP contribution in [-0.4, -0.2) is 40.9 Å². The van der Waals surface area contributed by atoms with Gasteiger partial charge in [0.2, 0.25) is 0 Å². The van der Waals surface area contributed by atoms with Crippen LogP contribution in [-0.2, 0) is 9.53 Å². The van der Waals surface area contributed by atoms with Crippen molar-refractivity contribution in [2.24, 2.45) is 0 Å². The number of likely N-dealkylation sites (tertiary alicyclic amines) is 1. The highest BCUT2D eigenvalue weighted by Gasteiger charge is 2.27. The molecule has 0 aromatic heterocycles. The van der Waals surface area contributed by atoms with Crippen LogP contribution in [0, 0.1) is 10.1 Å². The van der Waals surface area contributed by atoms with E-state index in [2.05, 4.69) is 0 Å². The minimum absolute atomic E-state index is 0.0165. The van der Waals surface area contributed by atoms with Crippen molar-refractivity contribution in [3.63, 3.8) is 0 Å². The van der Waals surface area contributed by atoms with Gasteiger partial charge in [0.1, 0.15) is 5.02 Å². The average molecular weight is 327 g/mol. The number of hydrogen-bond donors (Lipinski definition) is 0. The number of halogens is 1. The third-order valence-electron chi connectivity index (χ3n) is 3.43. The third kappa shape index (κ3) is 3.54. The predicted molar refractivity (Wildman–Crippen MR) is 78.8 cm³/mol. The number of esters is 1. The molecule has 1 saturated heterocycles. The molecule has 8 heteroatoms. The number of nitrogens with zero attached hydrogens (tertiary/aromatic N) is 2. The molecule has 0 radical (unpaired) electrons. The molecule has 1 fully saturated rings. The summed E-state index contributed by atoms with van der Waals surface area (Å²) < 4.78 is 5.09. The van der Waals surface area contributed by atoms with E-state index in [9.17, 15) is 19.7 Å². The number of carbonyl (C=O) groups is 2. The summed E-state index contributed by atoms with van der Waals surface area (Å²) in [7, 11) is 0. The third-order valence-corrected chi connectivity index (χ3v) is 3.75. The summed E-state index contributed by atoms with van der Waals surface area (Å²) in [6.07, 6.45) is 0.950. The van der Waals surface area contributed by atoms with Crippen LogP contribution >= 0.6 is 11.6 Å². The van der Waals surface area contributed by atoms with E-state index in [1.165, 1.54) is 19.1 Å². The highest BCUT2D eigenvalue weighted by Crippen LogP contribution is 2.25. The van der Waals surface area contributed by atoms with Gasteiger partial charge in [-0.2, -0.15) is 0 Å². The van der Waals surface area contributed by atoms with Crippen molar-refractivity contribution in [2.75, 3.05) is 13.1 Å². The van der Waals surface area contributed by atoms with Crippen LogP contribution in [0.2, 0.25) is 5.02 Å². The zero-order chi connectivity index (χ0) is 16.3. The second kappa shape index (κ2) is 6.74. The summed E-state index contributed by atoms with van der Waals surface area (Å²) in [6, 6.07) is 3.62. The van der Waals surface area contributed by atoms with Gasteiger partial charge in [0.25, 0.3) is 11.6 Å². The Morgan fingerprint density at radius 2 is 2.00 bits per heavy atom. The van der Waals surface area contributed by atoms with Crippen LogP contribution < -0.4 is 0 Å². The molecule has 1 aliphatic heterocycles. The van der Waals surface area contributed by atoms with E-state index in [1.807, 2.05) is 0 Å². The van der Waals surface area contributed by atoms with Crippen molar-refractivity contribution in [1.29, 1.82) is 0 Å². The Bertz CT molecular complexity index is 613. The summed E-state index contributed by atoms with van der Waals surface area (Å²) >= 11 is 5.68. The molecule has 0 aliphatic carbocycles. The van der Waals surface area contributed by atoms with Crippen LogP contribution in [0.4, 0.5) is 5.69 Å². The molecule has 0 N–H and O–H groups in total. The second-order valence-electron chi connectivity index (χ2n) is 5.00. The van der Waals surface area contributed by atoms with E-state index >= 15 is 0 Å². The first kappa shape index (κ1) is 16.2. The number of nitro benzene ring substituents is 1. The summed E-state index contributed by atoms with van der Waals surface area (Å²) in [6.45, 7) is 2.81. The monoisotopic (exact) mass is 326 g/mol. The molecule has 1 aliphatic rings. The first-order chi connectivity index (χ1) is 10.4. The molecule has 22 heavy (non-hydrogen) atoms. The summed E-state index contributed by atoms with van der Waals surface area (Å²) in [5, 5.41) is 10.7. The van der Waals surface area contributed by atoms with Gasteiger partial charge < -0.3 is 9.64 Å². The van der Waals surface area contributed by atoms with E-state index in [4.69, 9.17) is 16.3 Å². The maximum Gasteiger partial charge on any atom is 0.339 e. The number of rotatable bonds is 4. The highest BCUT2D eigenvalue weighted by molar-refractivity contribution is 6.32. The fraction of sp³-hybridized carbons (Fsp3) is 0.429. The van der Waals surface area contributed by atoms with Crippen LogP contribution in [0.15, 0.2) is 18.2 Å². The Kier molecular flexibility index (Phi) is 4.97. The zero-order valence-corrected chi connectivity index (χ0v) is 12.7. The lowest BCUT2D eigenvalue weighted by molar-refractivity contribution is -0.384. The van der Waals surface area contributed by atoms with Gasteiger partial charge in [0, 0.05) is 19.2 Å². The fourth-order valence-electron chi connectivity index (χ4n) is 2.25. The van der Waals surface area contributed by atoms with Gasteiger partial charge in [-0.05, 0) is 31.9 Å². The van der Waals surface area contributed by atoms with Crippen LogP contribution in [0.3, 0.4) is 0 Å². The number of hydrogen-bond acceptors (Lipinski definition) is 5. The van der Waals surface area contributed by atoms with E-state index in [1.54, 1.807) is 4.90 Å². The predicted octanol–water partition coefficient (Wildman–Crippen LogP) is 2.42. The fourth-order valence-corrected chi connectivity index (χ4v) is 2.44. The molecule has 0 bridgehead atoms. The highest BCUT2D eigenvalue weighted by atomic mass is 35.5. The lowest BCUT2D eigenvalue weighted by Gasteiger charge is -2.20. The largest absolute Gasteiger partial charge is 0.449 e. The van der Waals surface area contributed by atoms with Crippen LogP contribution in [0.5, 0.6) is 0 Å². The summed E-state index contributed by atoms with van der Waals surface area (Å²) in [5.41, 5.74) is -0.396. The van der Waals surface area contributed by atoms with Gasteiger partial charge >= 0.3 is 5.97 Å². The van der Waals surface area contributed by atoms with Crippen LogP contribution in [0.25, 0.3) is 0 Å². The number of carbonyl (C=O) groups excluding carboxylic acids is 2. The van der Waals surface area contributed by atoms with Crippen molar-refractivity contribution in [3.8, 4) is 0 Å². The van der Waals surface area contributed by atoms with E-state index in [-0.39, 0.29) is 22.2 Å². The molecule has 118 valence electrons. The summed E-state index contributed by atoms with van der Waals surface area (Å²) in [4.78, 5) is 35.8. The molecule has 7 nitrogen and oxygen atoms in total. The molecular formula is C14H15ClN2O5. The van der Waals surface area contributed by atoms with E-state index in [0.29, 0.717) is 13.1 Å². The molecule has 0 spiro atoms.